The number of aryl methyl sites for hydroxylation is 2. The average Bonchev–Trinajstić information content (AvgIpc) is 3.19. The highest BCUT2D eigenvalue weighted by molar-refractivity contribution is 7.11. The number of benzene rings is 1. The zero-order valence-electron chi connectivity index (χ0n) is 14.5. The first-order chi connectivity index (χ1) is 12.4. The molecule has 0 bridgehead atoms. The molecule has 0 saturated carbocycles. The Morgan fingerprint density at radius 2 is 2.15 bits per heavy atom. The van der Waals surface area contributed by atoms with Gasteiger partial charge in [-0.1, -0.05) is 0 Å². The number of aromatic nitrogens is 1. The molecule has 1 fully saturated rings. The predicted molar refractivity (Wildman–Crippen MR) is 98.7 cm³/mol. The number of hydrogen-bond acceptors (Lipinski definition) is 5. The predicted octanol–water partition coefficient (Wildman–Crippen LogP) is 2.57. The van der Waals surface area contributed by atoms with Crippen molar-refractivity contribution in [3.8, 4) is 0 Å². The minimum Gasteiger partial charge on any atom is -0.327 e. The summed E-state index contributed by atoms with van der Waals surface area (Å²) in [5, 5.41) is 6.45. The molecule has 2 aromatic rings. The maximum absolute atomic E-state index is 12.8. The summed E-state index contributed by atoms with van der Waals surface area (Å²) in [4.78, 5) is 44.3. The van der Waals surface area contributed by atoms with E-state index in [2.05, 4.69) is 15.6 Å². The molecule has 2 aliphatic rings. The first-order valence-corrected chi connectivity index (χ1v) is 9.27. The Labute approximate surface area is 154 Å². The van der Waals surface area contributed by atoms with E-state index >= 15 is 0 Å². The molecule has 1 atom stereocenters. The topological polar surface area (TPSA) is 91.4 Å². The summed E-state index contributed by atoms with van der Waals surface area (Å²) in [6, 6.07) is 4.54. The van der Waals surface area contributed by atoms with Gasteiger partial charge in [-0.2, -0.15) is 0 Å². The summed E-state index contributed by atoms with van der Waals surface area (Å²) in [5.41, 5.74) is 1.76. The number of amides is 3. The highest BCUT2D eigenvalue weighted by Crippen LogP contribution is 2.30. The summed E-state index contributed by atoms with van der Waals surface area (Å²) < 4.78 is 0. The van der Waals surface area contributed by atoms with Crippen LogP contribution in [0.15, 0.2) is 18.2 Å². The van der Waals surface area contributed by atoms with Gasteiger partial charge in [0.05, 0.1) is 16.3 Å². The van der Waals surface area contributed by atoms with Gasteiger partial charge in [0.1, 0.15) is 11.7 Å². The molecular weight excluding hydrogens is 352 g/mol. The van der Waals surface area contributed by atoms with Crippen molar-refractivity contribution in [2.45, 2.75) is 32.7 Å². The molecule has 134 valence electrons. The van der Waals surface area contributed by atoms with Gasteiger partial charge in [-0.25, -0.2) is 4.98 Å². The summed E-state index contributed by atoms with van der Waals surface area (Å²) in [6.07, 6.45) is 1.50. The van der Waals surface area contributed by atoms with E-state index in [-0.39, 0.29) is 17.7 Å². The number of nitrogens with zero attached hydrogens (tertiary/aromatic N) is 2. The standard InChI is InChI=1S/C18H18N4O3S/c1-9-15(19-10(2)26-9)17(24)20-11-5-6-13-12(8-11)18(25)22-7-3-4-14(22)16(23)21-13/h5-6,8,14H,3-4,7H2,1-2H3,(H,20,24)(H,21,23). The molecule has 0 spiro atoms. The van der Waals surface area contributed by atoms with Crippen molar-refractivity contribution in [2.75, 3.05) is 17.2 Å². The second kappa shape index (κ2) is 6.21. The van der Waals surface area contributed by atoms with Gasteiger partial charge >= 0.3 is 0 Å². The lowest BCUT2D eigenvalue weighted by molar-refractivity contribution is -0.119. The minimum absolute atomic E-state index is 0.153. The van der Waals surface area contributed by atoms with Gasteiger partial charge in [0.2, 0.25) is 5.91 Å². The zero-order valence-corrected chi connectivity index (χ0v) is 15.3. The highest BCUT2D eigenvalue weighted by Gasteiger charge is 2.38. The van der Waals surface area contributed by atoms with Gasteiger partial charge in [0.25, 0.3) is 11.8 Å². The van der Waals surface area contributed by atoms with E-state index in [4.69, 9.17) is 0 Å². The minimum atomic E-state index is -0.409. The molecule has 2 N–H and O–H groups in total. The fourth-order valence-electron chi connectivity index (χ4n) is 3.49. The molecule has 0 radical (unpaired) electrons. The van der Waals surface area contributed by atoms with Crippen LogP contribution in [0.1, 0.15) is 43.6 Å². The second-order valence-corrected chi connectivity index (χ2v) is 7.91. The molecule has 0 aliphatic carbocycles. The maximum Gasteiger partial charge on any atom is 0.275 e. The van der Waals surface area contributed by atoms with Crippen LogP contribution in [0, 0.1) is 13.8 Å². The molecule has 2 aliphatic heterocycles. The van der Waals surface area contributed by atoms with Crippen molar-refractivity contribution >= 4 is 40.4 Å². The van der Waals surface area contributed by atoms with Gasteiger partial charge in [0, 0.05) is 17.1 Å². The number of carbonyl (C=O) groups is 3. The third-order valence-electron chi connectivity index (χ3n) is 4.70. The lowest BCUT2D eigenvalue weighted by Crippen LogP contribution is -2.40. The zero-order chi connectivity index (χ0) is 18.4. The van der Waals surface area contributed by atoms with Crippen LogP contribution in [-0.4, -0.2) is 40.2 Å². The summed E-state index contributed by atoms with van der Waals surface area (Å²) in [7, 11) is 0. The Kier molecular flexibility index (Phi) is 3.99. The number of carbonyl (C=O) groups excluding carboxylic acids is 3. The van der Waals surface area contributed by atoms with E-state index in [0.717, 1.165) is 16.3 Å². The largest absolute Gasteiger partial charge is 0.327 e. The Morgan fingerprint density at radius 1 is 1.35 bits per heavy atom. The lowest BCUT2D eigenvalue weighted by Gasteiger charge is -2.20. The smallest absolute Gasteiger partial charge is 0.275 e. The monoisotopic (exact) mass is 370 g/mol. The van der Waals surface area contributed by atoms with Crippen LogP contribution in [0.4, 0.5) is 11.4 Å². The molecule has 1 unspecified atom stereocenters. The lowest BCUT2D eigenvalue weighted by atomic mass is 10.1. The molecule has 3 amide bonds. The molecule has 3 heterocycles. The van der Waals surface area contributed by atoms with Gasteiger partial charge in [-0.3, -0.25) is 14.4 Å². The summed E-state index contributed by atoms with van der Waals surface area (Å²) >= 11 is 1.46. The first-order valence-electron chi connectivity index (χ1n) is 8.45. The van der Waals surface area contributed by atoms with Gasteiger partial charge in [0.15, 0.2) is 0 Å². The molecule has 8 heteroatoms. The quantitative estimate of drug-likeness (QED) is 0.850. The number of hydrogen-bond donors (Lipinski definition) is 2. The number of thiazole rings is 1. The van der Waals surface area contributed by atoms with E-state index in [0.29, 0.717) is 35.6 Å². The molecule has 4 rings (SSSR count). The first kappa shape index (κ1) is 16.7. The highest BCUT2D eigenvalue weighted by atomic mass is 32.1. The maximum atomic E-state index is 12.8. The van der Waals surface area contributed by atoms with Gasteiger partial charge < -0.3 is 15.5 Å². The molecule has 1 aromatic carbocycles. The van der Waals surface area contributed by atoms with Crippen molar-refractivity contribution in [3.63, 3.8) is 0 Å². The Morgan fingerprint density at radius 3 is 2.88 bits per heavy atom. The van der Waals surface area contributed by atoms with Crippen molar-refractivity contribution in [2.24, 2.45) is 0 Å². The number of anilines is 2. The van der Waals surface area contributed by atoms with E-state index in [1.807, 2.05) is 13.8 Å². The third kappa shape index (κ3) is 2.76. The van der Waals surface area contributed by atoms with Crippen LogP contribution in [0.5, 0.6) is 0 Å². The van der Waals surface area contributed by atoms with Crippen LogP contribution in [0.3, 0.4) is 0 Å². The molecule has 1 aromatic heterocycles. The van der Waals surface area contributed by atoms with Crippen LogP contribution in [0.2, 0.25) is 0 Å². The van der Waals surface area contributed by atoms with Crippen LogP contribution < -0.4 is 10.6 Å². The van der Waals surface area contributed by atoms with Gasteiger partial charge in [-0.15, -0.1) is 11.3 Å². The third-order valence-corrected chi connectivity index (χ3v) is 5.59. The second-order valence-electron chi connectivity index (χ2n) is 6.50. The van der Waals surface area contributed by atoms with E-state index < -0.39 is 6.04 Å². The number of fused-ring (bicyclic) bond motifs is 2. The van der Waals surface area contributed by atoms with E-state index in [1.165, 1.54) is 11.3 Å². The Bertz CT molecular complexity index is 937. The molecule has 26 heavy (non-hydrogen) atoms. The Hall–Kier alpha value is -2.74. The molecule has 1 saturated heterocycles. The van der Waals surface area contributed by atoms with Crippen LogP contribution in [0.25, 0.3) is 0 Å². The molecular formula is C18H18N4O3S. The van der Waals surface area contributed by atoms with Crippen molar-refractivity contribution in [1.82, 2.24) is 9.88 Å². The SMILES string of the molecule is Cc1nc(C(=O)Nc2ccc3c(c2)C(=O)N2CCCC2C(=O)N3)c(C)s1. The number of rotatable bonds is 2. The Balaban J connectivity index is 1.64. The fraction of sp³-hybridized carbons (Fsp3) is 0.333. The van der Waals surface area contributed by atoms with Crippen LogP contribution >= 0.6 is 11.3 Å². The van der Waals surface area contributed by atoms with Crippen molar-refractivity contribution in [3.05, 3.63) is 39.3 Å². The fourth-order valence-corrected chi connectivity index (χ4v) is 4.31. The summed E-state index contributed by atoms with van der Waals surface area (Å²) in [5.74, 6) is -0.645. The van der Waals surface area contributed by atoms with Crippen molar-refractivity contribution < 1.29 is 14.4 Å². The van der Waals surface area contributed by atoms with Crippen molar-refractivity contribution in [1.29, 1.82) is 0 Å². The number of nitrogens with one attached hydrogen (secondary N) is 2. The normalized spacial score (nSPS) is 18.8. The van der Waals surface area contributed by atoms with Gasteiger partial charge in [-0.05, 0) is 44.9 Å². The summed E-state index contributed by atoms with van der Waals surface area (Å²) in [6.45, 7) is 4.28. The molecule has 7 nitrogen and oxygen atoms in total. The van der Waals surface area contributed by atoms with E-state index in [9.17, 15) is 14.4 Å². The van der Waals surface area contributed by atoms with E-state index in [1.54, 1.807) is 23.1 Å². The average molecular weight is 370 g/mol. The van der Waals surface area contributed by atoms with Crippen LogP contribution in [-0.2, 0) is 4.79 Å².